The normalized spacial score (nSPS) is 36.4. The fraction of sp³-hybridized carbons (Fsp3) is 0.688. The highest BCUT2D eigenvalue weighted by atomic mass is 16.4. The van der Waals surface area contributed by atoms with E-state index < -0.39 is 35.4 Å². The molecule has 2 N–H and O–H groups in total. The molecular formula is C16H21NO5. The van der Waals surface area contributed by atoms with Gasteiger partial charge in [-0.15, -0.1) is 0 Å². The first-order valence-electron chi connectivity index (χ1n) is 7.79. The quantitative estimate of drug-likeness (QED) is 0.771. The average Bonchev–Trinajstić information content (AvgIpc) is 2.98. The van der Waals surface area contributed by atoms with Crippen LogP contribution in [0.25, 0.3) is 0 Å². The van der Waals surface area contributed by atoms with Crippen molar-refractivity contribution >= 4 is 17.8 Å². The molecule has 6 nitrogen and oxygen atoms in total. The molecule has 1 amide bonds. The smallest absolute Gasteiger partial charge is 0.329 e. The van der Waals surface area contributed by atoms with Gasteiger partial charge in [-0.3, -0.25) is 9.59 Å². The molecule has 3 rings (SSSR count). The third kappa shape index (κ3) is 1.76. The number of nitrogens with zero attached hydrogens (tertiary/aromatic N) is 1. The van der Waals surface area contributed by atoms with Crippen LogP contribution < -0.4 is 0 Å². The predicted octanol–water partition coefficient (Wildman–Crippen LogP) is 1.51. The Morgan fingerprint density at radius 2 is 1.86 bits per heavy atom. The van der Waals surface area contributed by atoms with Crippen LogP contribution in [0.1, 0.15) is 39.5 Å². The molecule has 1 aliphatic heterocycles. The van der Waals surface area contributed by atoms with Crippen molar-refractivity contribution in [3.8, 4) is 0 Å². The summed E-state index contributed by atoms with van der Waals surface area (Å²) >= 11 is 0. The van der Waals surface area contributed by atoms with Crippen LogP contribution >= 0.6 is 0 Å². The zero-order valence-corrected chi connectivity index (χ0v) is 12.8. The second-order valence-corrected chi connectivity index (χ2v) is 6.86. The lowest BCUT2D eigenvalue weighted by molar-refractivity contribution is -0.159. The van der Waals surface area contributed by atoms with Gasteiger partial charge in [-0.25, -0.2) is 4.79 Å². The van der Waals surface area contributed by atoms with Crippen LogP contribution in [0.15, 0.2) is 11.6 Å². The number of carboxylic acid groups (broad SMARTS) is 2. The molecule has 2 aliphatic carbocycles. The first-order chi connectivity index (χ1) is 10.3. The Morgan fingerprint density at radius 1 is 1.27 bits per heavy atom. The van der Waals surface area contributed by atoms with Crippen LogP contribution in [-0.4, -0.2) is 44.5 Å². The molecule has 120 valence electrons. The molecule has 0 radical (unpaired) electrons. The van der Waals surface area contributed by atoms with E-state index in [-0.39, 0.29) is 11.8 Å². The minimum Gasteiger partial charge on any atom is -0.481 e. The summed E-state index contributed by atoms with van der Waals surface area (Å²) in [7, 11) is 0. The lowest BCUT2D eigenvalue weighted by Crippen LogP contribution is -2.57. The summed E-state index contributed by atoms with van der Waals surface area (Å²) in [6.07, 6.45) is 4.25. The molecule has 3 aliphatic rings. The minimum absolute atomic E-state index is 0.179. The highest BCUT2D eigenvalue weighted by Crippen LogP contribution is 2.50. The third-order valence-corrected chi connectivity index (χ3v) is 5.66. The third-order valence-electron chi connectivity index (χ3n) is 5.66. The van der Waals surface area contributed by atoms with Crippen molar-refractivity contribution in [2.45, 2.75) is 51.1 Å². The Labute approximate surface area is 128 Å². The fourth-order valence-electron chi connectivity index (χ4n) is 4.75. The van der Waals surface area contributed by atoms with Crippen LogP contribution in [0, 0.1) is 17.8 Å². The predicted molar refractivity (Wildman–Crippen MR) is 77.0 cm³/mol. The monoisotopic (exact) mass is 307 g/mol. The van der Waals surface area contributed by atoms with Gasteiger partial charge in [-0.2, -0.15) is 0 Å². The first-order valence-corrected chi connectivity index (χ1v) is 7.79. The van der Waals surface area contributed by atoms with E-state index in [1.54, 1.807) is 0 Å². The van der Waals surface area contributed by atoms with Gasteiger partial charge in [0.05, 0.1) is 17.9 Å². The lowest BCUT2D eigenvalue weighted by Gasteiger charge is -2.40. The summed E-state index contributed by atoms with van der Waals surface area (Å²) in [5, 5.41) is 19.4. The number of rotatable bonds is 3. The molecule has 0 aromatic carbocycles. The molecule has 4 atom stereocenters. The maximum absolute atomic E-state index is 12.9. The van der Waals surface area contributed by atoms with E-state index in [9.17, 15) is 24.6 Å². The zero-order valence-electron chi connectivity index (χ0n) is 12.8. The van der Waals surface area contributed by atoms with E-state index in [2.05, 4.69) is 0 Å². The SMILES string of the molecule is CC1=CC(C)C2C(=O)N(C3(C(=O)O)CCCC3)C1C2C(=O)O. The van der Waals surface area contributed by atoms with Gasteiger partial charge in [0.1, 0.15) is 5.54 Å². The topological polar surface area (TPSA) is 94.9 Å². The Kier molecular flexibility index (Phi) is 3.30. The summed E-state index contributed by atoms with van der Waals surface area (Å²) < 4.78 is 0. The van der Waals surface area contributed by atoms with Crippen LogP contribution in [0.3, 0.4) is 0 Å². The zero-order chi connectivity index (χ0) is 16.2. The Hall–Kier alpha value is -1.85. The standard InChI is InChI=1S/C16H21NO5/c1-8-7-9(2)12-11(14(19)20)10(8)13(18)17(12)16(15(21)22)5-3-4-6-16/h7-8,10-12H,3-6H2,1-2H3,(H,19,20)(H,21,22). The molecule has 2 bridgehead atoms. The summed E-state index contributed by atoms with van der Waals surface area (Å²) in [4.78, 5) is 38.0. The van der Waals surface area contributed by atoms with E-state index in [0.29, 0.717) is 12.8 Å². The van der Waals surface area contributed by atoms with E-state index in [0.717, 1.165) is 18.4 Å². The van der Waals surface area contributed by atoms with Gasteiger partial charge < -0.3 is 15.1 Å². The number of hydrogen-bond acceptors (Lipinski definition) is 3. The van der Waals surface area contributed by atoms with Gasteiger partial charge >= 0.3 is 11.9 Å². The van der Waals surface area contributed by atoms with Crippen LogP contribution in [0.4, 0.5) is 0 Å². The second-order valence-electron chi connectivity index (χ2n) is 6.86. The van der Waals surface area contributed by atoms with Crippen molar-refractivity contribution < 1.29 is 24.6 Å². The highest BCUT2D eigenvalue weighted by molar-refractivity contribution is 5.95. The summed E-state index contributed by atoms with van der Waals surface area (Å²) in [5.74, 6) is -3.99. The number of amides is 1. The van der Waals surface area contributed by atoms with Crippen molar-refractivity contribution in [2.75, 3.05) is 0 Å². The highest BCUT2D eigenvalue weighted by Gasteiger charge is 2.63. The largest absolute Gasteiger partial charge is 0.481 e. The number of carbonyl (C=O) groups is 3. The molecule has 4 unspecified atom stereocenters. The number of hydrogen-bond donors (Lipinski definition) is 2. The van der Waals surface area contributed by atoms with Gasteiger partial charge in [-0.1, -0.05) is 31.4 Å². The number of allylic oxidation sites excluding steroid dienone is 1. The molecule has 0 spiro atoms. The average molecular weight is 307 g/mol. The fourth-order valence-corrected chi connectivity index (χ4v) is 4.75. The second kappa shape index (κ2) is 4.83. The molecule has 22 heavy (non-hydrogen) atoms. The number of carboxylic acids is 2. The number of likely N-dealkylation sites (tertiary alicyclic amines) is 1. The van der Waals surface area contributed by atoms with Gasteiger partial charge in [0.15, 0.2) is 0 Å². The molecule has 6 heteroatoms. The van der Waals surface area contributed by atoms with Crippen LogP contribution in [-0.2, 0) is 14.4 Å². The number of aliphatic carboxylic acids is 2. The molecule has 1 heterocycles. The van der Waals surface area contributed by atoms with Crippen molar-refractivity contribution in [1.29, 1.82) is 0 Å². The van der Waals surface area contributed by atoms with Crippen LogP contribution in [0.2, 0.25) is 0 Å². The summed E-state index contributed by atoms with van der Waals surface area (Å²) in [5.41, 5.74) is -0.432. The van der Waals surface area contributed by atoms with Crippen LogP contribution in [0.5, 0.6) is 0 Å². The number of fused-ring (bicyclic) bond motifs is 2. The van der Waals surface area contributed by atoms with Gasteiger partial charge in [0.25, 0.3) is 0 Å². The van der Waals surface area contributed by atoms with Gasteiger partial charge in [0, 0.05) is 0 Å². The summed E-state index contributed by atoms with van der Waals surface area (Å²) in [6, 6.07) is -0.625. The van der Waals surface area contributed by atoms with E-state index >= 15 is 0 Å². The Balaban J connectivity index is 2.13. The molecule has 1 saturated carbocycles. The van der Waals surface area contributed by atoms with E-state index in [4.69, 9.17) is 0 Å². The van der Waals surface area contributed by atoms with Crippen molar-refractivity contribution in [2.24, 2.45) is 17.8 Å². The Bertz CT molecular complexity index is 575. The van der Waals surface area contributed by atoms with E-state index in [1.807, 2.05) is 19.9 Å². The maximum Gasteiger partial charge on any atom is 0.329 e. The Morgan fingerprint density at radius 3 is 2.36 bits per heavy atom. The molecule has 2 fully saturated rings. The van der Waals surface area contributed by atoms with Gasteiger partial charge in [0.2, 0.25) is 5.91 Å². The lowest BCUT2D eigenvalue weighted by atomic mass is 9.74. The maximum atomic E-state index is 12.9. The molecular weight excluding hydrogens is 286 g/mol. The molecule has 1 saturated heterocycles. The van der Waals surface area contributed by atoms with Crippen molar-refractivity contribution in [3.05, 3.63) is 11.6 Å². The molecule has 0 aromatic rings. The number of carbonyl (C=O) groups excluding carboxylic acids is 1. The van der Waals surface area contributed by atoms with Gasteiger partial charge in [-0.05, 0) is 25.7 Å². The summed E-state index contributed by atoms with van der Waals surface area (Å²) in [6.45, 7) is 3.65. The van der Waals surface area contributed by atoms with Crippen molar-refractivity contribution in [3.63, 3.8) is 0 Å². The van der Waals surface area contributed by atoms with Crippen molar-refractivity contribution in [1.82, 2.24) is 4.90 Å². The first kappa shape index (κ1) is 15.1. The van der Waals surface area contributed by atoms with E-state index in [1.165, 1.54) is 4.90 Å². The minimum atomic E-state index is -1.23. The molecule has 0 aromatic heterocycles.